The van der Waals surface area contributed by atoms with Gasteiger partial charge < -0.3 is 9.47 Å². The van der Waals surface area contributed by atoms with E-state index < -0.39 is 0 Å². The molecule has 1 aliphatic heterocycles. The van der Waals surface area contributed by atoms with Gasteiger partial charge in [0.15, 0.2) is 0 Å². The molecule has 1 heterocycles. The van der Waals surface area contributed by atoms with Crippen LogP contribution in [0, 0.1) is 0 Å². The molecule has 1 rings (SSSR count). The molecule has 1 saturated heterocycles. The number of ether oxygens (including phenoxy) is 2. The zero-order valence-corrected chi connectivity index (χ0v) is 9.67. The maximum Gasteiger partial charge on any atom is 0.141 e. The van der Waals surface area contributed by atoms with Crippen LogP contribution in [0.25, 0.3) is 0 Å². The molecule has 0 aromatic carbocycles. The van der Waals surface area contributed by atoms with Crippen molar-refractivity contribution >= 4 is 0 Å². The quantitative estimate of drug-likeness (QED) is 0.646. The van der Waals surface area contributed by atoms with Crippen molar-refractivity contribution < 1.29 is 9.47 Å². The van der Waals surface area contributed by atoms with E-state index in [2.05, 4.69) is 11.8 Å². The number of allylic oxidation sites excluding steroid dienone is 1. The molecule has 82 valence electrons. The maximum absolute atomic E-state index is 5.56. The van der Waals surface area contributed by atoms with Crippen LogP contribution >= 0.6 is 0 Å². The van der Waals surface area contributed by atoms with Crippen molar-refractivity contribution in [1.29, 1.82) is 0 Å². The van der Waals surface area contributed by atoms with Crippen LogP contribution in [0.5, 0.6) is 0 Å². The number of hydrogen-bond acceptors (Lipinski definition) is 3. The molecule has 0 aliphatic carbocycles. The fourth-order valence-corrected chi connectivity index (χ4v) is 1.88. The van der Waals surface area contributed by atoms with E-state index in [-0.39, 0.29) is 5.72 Å². The molecule has 0 aromatic heterocycles. The van der Waals surface area contributed by atoms with Gasteiger partial charge in [-0.3, -0.25) is 4.90 Å². The second kappa shape index (κ2) is 4.80. The Morgan fingerprint density at radius 2 is 1.86 bits per heavy atom. The second-order valence-corrected chi connectivity index (χ2v) is 3.91. The molecule has 1 atom stereocenters. The van der Waals surface area contributed by atoms with Crippen molar-refractivity contribution in [3.05, 3.63) is 11.8 Å². The van der Waals surface area contributed by atoms with Crippen LogP contribution in [-0.2, 0) is 9.47 Å². The van der Waals surface area contributed by atoms with Gasteiger partial charge in [0.2, 0.25) is 0 Å². The Balaban J connectivity index is 2.73. The highest BCUT2D eigenvalue weighted by Gasteiger charge is 2.31. The fourth-order valence-electron chi connectivity index (χ4n) is 1.88. The van der Waals surface area contributed by atoms with Gasteiger partial charge in [-0.05, 0) is 32.8 Å². The van der Waals surface area contributed by atoms with Crippen LogP contribution in [-0.4, -0.2) is 37.9 Å². The first-order chi connectivity index (χ1) is 6.62. The van der Waals surface area contributed by atoms with Crippen LogP contribution in [0.3, 0.4) is 0 Å². The Bertz CT molecular complexity index is 209. The maximum atomic E-state index is 5.56. The van der Waals surface area contributed by atoms with Crippen molar-refractivity contribution in [2.45, 2.75) is 32.4 Å². The molecule has 14 heavy (non-hydrogen) atoms. The second-order valence-electron chi connectivity index (χ2n) is 3.91. The Labute approximate surface area is 86.7 Å². The summed E-state index contributed by atoms with van der Waals surface area (Å²) in [5, 5.41) is 0. The molecule has 0 amide bonds. The smallest absolute Gasteiger partial charge is 0.141 e. The molecule has 0 radical (unpaired) electrons. The summed E-state index contributed by atoms with van der Waals surface area (Å²) < 4.78 is 10.7. The minimum absolute atomic E-state index is 0.309. The van der Waals surface area contributed by atoms with Gasteiger partial charge in [-0.2, -0.15) is 0 Å². The molecule has 0 saturated carbocycles. The van der Waals surface area contributed by atoms with Crippen molar-refractivity contribution in [2.24, 2.45) is 0 Å². The van der Waals surface area contributed by atoms with Crippen LogP contribution < -0.4 is 0 Å². The van der Waals surface area contributed by atoms with Gasteiger partial charge >= 0.3 is 0 Å². The highest BCUT2D eigenvalue weighted by atomic mass is 16.5. The van der Waals surface area contributed by atoms with E-state index in [1.165, 1.54) is 12.8 Å². The Morgan fingerprint density at radius 1 is 1.29 bits per heavy atom. The van der Waals surface area contributed by atoms with Gasteiger partial charge in [0.25, 0.3) is 0 Å². The Hall–Kier alpha value is -0.540. The van der Waals surface area contributed by atoms with Gasteiger partial charge in [-0.15, -0.1) is 0 Å². The number of methoxy groups -OCH3 is 2. The SMILES string of the molecule is CO/C(C)=C/C(C)(OC)N1CCCC1. The van der Waals surface area contributed by atoms with Gasteiger partial charge in [-0.25, -0.2) is 0 Å². The number of nitrogens with zero attached hydrogens (tertiary/aromatic N) is 1. The summed E-state index contributed by atoms with van der Waals surface area (Å²) in [7, 11) is 3.43. The Kier molecular flexibility index (Phi) is 3.96. The topological polar surface area (TPSA) is 21.7 Å². The van der Waals surface area contributed by atoms with Gasteiger partial charge in [-0.1, -0.05) is 0 Å². The Morgan fingerprint density at radius 3 is 2.29 bits per heavy atom. The zero-order valence-electron chi connectivity index (χ0n) is 9.67. The highest BCUT2D eigenvalue weighted by Crippen LogP contribution is 2.24. The first kappa shape index (κ1) is 11.5. The third kappa shape index (κ3) is 2.49. The van der Waals surface area contributed by atoms with E-state index in [9.17, 15) is 0 Å². The van der Waals surface area contributed by atoms with E-state index in [1.807, 2.05) is 13.0 Å². The average molecular weight is 199 g/mol. The largest absolute Gasteiger partial charge is 0.502 e. The third-order valence-electron chi connectivity index (χ3n) is 2.94. The summed E-state index contributed by atoms with van der Waals surface area (Å²) in [6.45, 7) is 6.25. The number of hydrogen-bond donors (Lipinski definition) is 0. The van der Waals surface area contributed by atoms with Crippen molar-refractivity contribution in [2.75, 3.05) is 27.3 Å². The summed E-state index contributed by atoms with van der Waals surface area (Å²) in [5.41, 5.74) is -0.309. The number of likely N-dealkylation sites (tertiary alicyclic amines) is 1. The predicted molar refractivity (Wildman–Crippen MR) is 57.0 cm³/mol. The molecule has 1 fully saturated rings. The summed E-state index contributed by atoms with van der Waals surface area (Å²) in [6.07, 6.45) is 4.57. The lowest BCUT2D eigenvalue weighted by Gasteiger charge is -2.35. The summed E-state index contributed by atoms with van der Waals surface area (Å²) in [5.74, 6) is 0.904. The van der Waals surface area contributed by atoms with Crippen LogP contribution in [0.15, 0.2) is 11.8 Å². The van der Waals surface area contributed by atoms with E-state index in [0.29, 0.717) is 0 Å². The van der Waals surface area contributed by atoms with Crippen molar-refractivity contribution in [1.82, 2.24) is 4.90 Å². The lowest BCUT2D eigenvalue weighted by atomic mass is 10.2. The monoisotopic (exact) mass is 199 g/mol. The molecular weight excluding hydrogens is 178 g/mol. The molecule has 3 nitrogen and oxygen atoms in total. The fraction of sp³-hybridized carbons (Fsp3) is 0.818. The van der Waals surface area contributed by atoms with E-state index in [1.54, 1.807) is 14.2 Å². The summed E-state index contributed by atoms with van der Waals surface area (Å²) in [4.78, 5) is 2.34. The molecule has 1 aliphatic rings. The molecule has 1 unspecified atom stereocenters. The van der Waals surface area contributed by atoms with Gasteiger partial charge in [0, 0.05) is 20.2 Å². The summed E-state index contributed by atoms with van der Waals surface area (Å²) >= 11 is 0. The molecule has 0 bridgehead atoms. The van der Waals surface area contributed by atoms with Gasteiger partial charge in [0.1, 0.15) is 5.72 Å². The normalized spacial score (nSPS) is 23.6. The van der Waals surface area contributed by atoms with E-state index in [4.69, 9.17) is 9.47 Å². The third-order valence-corrected chi connectivity index (χ3v) is 2.94. The van der Waals surface area contributed by atoms with Crippen LogP contribution in [0.2, 0.25) is 0 Å². The molecule has 0 spiro atoms. The average Bonchev–Trinajstić information content (AvgIpc) is 2.70. The van der Waals surface area contributed by atoms with Crippen molar-refractivity contribution in [3.8, 4) is 0 Å². The van der Waals surface area contributed by atoms with Crippen LogP contribution in [0.1, 0.15) is 26.7 Å². The predicted octanol–water partition coefficient (Wildman–Crippen LogP) is 2.00. The minimum atomic E-state index is -0.309. The molecule has 0 aromatic rings. The summed E-state index contributed by atoms with van der Waals surface area (Å²) in [6, 6.07) is 0. The van der Waals surface area contributed by atoms with Crippen molar-refractivity contribution in [3.63, 3.8) is 0 Å². The molecule has 0 N–H and O–H groups in total. The first-order valence-corrected chi connectivity index (χ1v) is 5.16. The standard InChI is InChI=1S/C11H21NO2/c1-10(13-3)9-11(2,14-4)12-7-5-6-8-12/h9H,5-8H2,1-4H3/b10-9+. The highest BCUT2D eigenvalue weighted by molar-refractivity contribution is 5.03. The van der Waals surface area contributed by atoms with Gasteiger partial charge in [0.05, 0.1) is 12.9 Å². The van der Waals surface area contributed by atoms with E-state index >= 15 is 0 Å². The minimum Gasteiger partial charge on any atom is -0.502 e. The lowest BCUT2D eigenvalue weighted by molar-refractivity contribution is -0.0757. The number of rotatable bonds is 4. The lowest BCUT2D eigenvalue weighted by Crippen LogP contribution is -2.44. The first-order valence-electron chi connectivity index (χ1n) is 5.16. The van der Waals surface area contributed by atoms with Crippen LogP contribution in [0.4, 0.5) is 0 Å². The molecule has 3 heteroatoms. The van der Waals surface area contributed by atoms with E-state index in [0.717, 1.165) is 18.8 Å². The molecular formula is C11H21NO2. The zero-order chi connectivity index (χ0) is 10.6.